The van der Waals surface area contributed by atoms with Crippen LogP contribution in [0.15, 0.2) is 59.6 Å². The molecule has 0 aliphatic carbocycles. The highest BCUT2D eigenvalue weighted by molar-refractivity contribution is 7.92. The third kappa shape index (κ3) is 3.66. The molecule has 1 atom stereocenters. The molecule has 2 aliphatic rings. The first-order chi connectivity index (χ1) is 14.7. The summed E-state index contributed by atoms with van der Waals surface area (Å²) in [7, 11) is -2.45. The van der Waals surface area contributed by atoms with E-state index in [0.29, 0.717) is 17.9 Å². The van der Waals surface area contributed by atoms with Crippen LogP contribution in [-0.4, -0.2) is 44.2 Å². The molecule has 2 aromatic rings. The van der Waals surface area contributed by atoms with Gasteiger partial charge < -0.3 is 10.1 Å². The number of nitrogens with zero attached hydrogens (tertiary/aromatic N) is 1. The minimum atomic E-state index is -3.92. The van der Waals surface area contributed by atoms with Crippen LogP contribution in [0.5, 0.6) is 5.75 Å². The zero-order valence-electron chi connectivity index (χ0n) is 16.5. The van der Waals surface area contributed by atoms with E-state index < -0.39 is 33.8 Å². The molecule has 3 amide bonds. The standard InChI is InChI=1S/C21H19N3O6S/c1-12-3-10-18(19(25)22-12)24-20(26)16-9-4-13(11-17(16)21(24)27)23-31(28,29)15-7-5-14(30-2)6-8-15/h4-9,11,18,23H,1,3,10H2,2H3,(H,22,25). The molecule has 0 spiro atoms. The van der Waals surface area contributed by atoms with Gasteiger partial charge in [-0.25, -0.2) is 8.42 Å². The number of anilines is 1. The maximum Gasteiger partial charge on any atom is 0.262 e. The number of rotatable bonds is 5. The first-order valence-electron chi connectivity index (χ1n) is 9.39. The van der Waals surface area contributed by atoms with Gasteiger partial charge in [-0.3, -0.25) is 24.0 Å². The van der Waals surface area contributed by atoms with Gasteiger partial charge in [-0.05, 0) is 55.3 Å². The van der Waals surface area contributed by atoms with Gasteiger partial charge >= 0.3 is 0 Å². The number of hydrogen-bond acceptors (Lipinski definition) is 6. The van der Waals surface area contributed by atoms with Gasteiger partial charge in [0, 0.05) is 11.4 Å². The van der Waals surface area contributed by atoms with Crippen LogP contribution in [0, 0.1) is 0 Å². The van der Waals surface area contributed by atoms with Gasteiger partial charge in [0.2, 0.25) is 5.91 Å². The fourth-order valence-electron chi connectivity index (χ4n) is 3.58. The van der Waals surface area contributed by atoms with Crippen LogP contribution in [-0.2, 0) is 14.8 Å². The molecule has 0 saturated carbocycles. The summed E-state index contributed by atoms with van der Waals surface area (Å²) < 4.78 is 32.7. The van der Waals surface area contributed by atoms with Gasteiger partial charge in [0.25, 0.3) is 21.8 Å². The SMILES string of the molecule is C=C1CCC(N2C(=O)c3ccc(NS(=O)(=O)c4ccc(OC)cc4)cc3C2=O)C(=O)N1. The van der Waals surface area contributed by atoms with Crippen molar-refractivity contribution in [1.29, 1.82) is 0 Å². The molecule has 4 rings (SSSR count). The van der Waals surface area contributed by atoms with E-state index in [2.05, 4.69) is 16.6 Å². The Morgan fingerprint density at radius 2 is 1.74 bits per heavy atom. The molecule has 2 aliphatic heterocycles. The quantitative estimate of drug-likeness (QED) is 0.684. The molecule has 0 bridgehead atoms. The van der Waals surface area contributed by atoms with Crippen molar-refractivity contribution in [3.05, 3.63) is 65.9 Å². The lowest BCUT2D eigenvalue weighted by Crippen LogP contribution is -2.51. The van der Waals surface area contributed by atoms with Crippen molar-refractivity contribution in [2.45, 2.75) is 23.8 Å². The van der Waals surface area contributed by atoms with Crippen molar-refractivity contribution < 1.29 is 27.5 Å². The first kappa shape index (κ1) is 20.6. The molecule has 2 aromatic carbocycles. The Balaban J connectivity index is 1.59. The number of amides is 3. The average Bonchev–Trinajstić information content (AvgIpc) is 2.98. The minimum absolute atomic E-state index is 0.0110. The molecule has 0 aromatic heterocycles. The lowest BCUT2D eigenvalue weighted by atomic mass is 10.0. The van der Waals surface area contributed by atoms with Crippen molar-refractivity contribution in [2.24, 2.45) is 0 Å². The number of allylic oxidation sites excluding steroid dienone is 1. The number of fused-ring (bicyclic) bond motifs is 1. The molecule has 1 unspecified atom stereocenters. The highest BCUT2D eigenvalue weighted by Gasteiger charge is 2.44. The second-order valence-electron chi connectivity index (χ2n) is 7.17. The summed E-state index contributed by atoms with van der Waals surface area (Å²) in [6.45, 7) is 3.69. The van der Waals surface area contributed by atoms with Crippen LogP contribution in [0.1, 0.15) is 33.6 Å². The maximum absolute atomic E-state index is 12.9. The number of imide groups is 1. The third-order valence-electron chi connectivity index (χ3n) is 5.17. The zero-order valence-corrected chi connectivity index (χ0v) is 17.4. The van der Waals surface area contributed by atoms with E-state index in [1.807, 2.05) is 0 Å². The molecule has 1 fully saturated rings. The van der Waals surface area contributed by atoms with Crippen LogP contribution in [0.25, 0.3) is 0 Å². The Morgan fingerprint density at radius 3 is 2.39 bits per heavy atom. The minimum Gasteiger partial charge on any atom is -0.497 e. The number of sulfonamides is 1. The van der Waals surface area contributed by atoms with E-state index in [0.717, 1.165) is 4.90 Å². The normalized spacial score (nSPS) is 18.6. The Labute approximate surface area is 178 Å². The Bertz CT molecular complexity index is 1220. The molecule has 10 heteroatoms. The van der Waals surface area contributed by atoms with E-state index in [1.54, 1.807) is 0 Å². The number of ether oxygens (including phenoxy) is 1. The van der Waals surface area contributed by atoms with E-state index in [4.69, 9.17) is 4.74 Å². The van der Waals surface area contributed by atoms with Gasteiger partial charge in [-0.15, -0.1) is 0 Å². The summed E-state index contributed by atoms with van der Waals surface area (Å²) in [5.74, 6) is -1.18. The van der Waals surface area contributed by atoms with Crippen molar-refractivity contribution in [3.8, 4) is 5.75 Å². The Morgan fingerprint density at radius 1 is 1.06 bits per heavy atom. The van der Waals surface area contributed by atoms with E-state index >= 15 is 0 Å². The second kappa shape index (κ2) is 7.55. The number of carbonyl (C=O) groups is 3. The molecule has 2 N–H and O–H groups in total. The second-order valence-corrected chi connectivity index (χ2v) is 8.85. The molecule has 31 heavy (non-hydrogen) atoms. The van der Waals surface area contributed by atoms with Crippen LogP contribution >= 0.6 is 0 Å². The van der Waals surface area contributed by atoms with Crippen LogP contribution in [0.4, 0.5) is 5.69 Å². The molecule has 2 heterocycles. The van der Waals surface area contributed by atoms with Gasteiger partial charge in [-0.2, -0.15) is 0 Å². The highest BCUT2D eigenvalue weighted by atomic mass is 32.2. The van der Waals surface area contributed by atoms with Crippen LogP contribution < -0.4 is 14.8 Å². The molecular formula is C21H19N3O6S. The summed E-state index contributed by atoms with van der Waals surface area (Å²) in [6, 6.07) is 8.95. The van der Waals surface area contributed by atoms with Crippen molar-refractivity contribution >= 4 is 33.4 Å². The molecule has 0 radical (unpaired) electrons. The molecule has 1 saturated heterocycles. The molecular weight excluding hydrogens is 422 g/mol. The number of benzene rings is 2. The largest absolute Gasteiger partial charge is 0.497 e. The summed E-state index contributed by atoms with van der Waals surface area (Å²) in [4.78, 5) is 38.9. The van der Waals surface area contributed by atoms with Crippen molar-refractivity contribution in [1.82, 2.24) is 10.2 Å². The van der Waals surface area contributed by atoms with E-state index in [-0.39, 0.29) is 28.1 Å². The van der Waals surface area contributed by atoms with Gasteiger partial charge in [0.1, 0.15) is 11.8 Å². The van der Waals surface area contributed by atoms with Crippen LogP contribution in [0.3, 0.4) is 0 Å². The number of hydrogen-bond donors (Lipinski definition) is 2. The fraction of sp³-hybridized carbons (Fsp3) is 0.190. The van der Waals surface area contributed by atoms with Gasteiger partial charge in [-0.1, -0.05) is 6.58 Å². The monoisotopic (exact) mass is 441 g/mol. The average molecular weight is 441 g/mol. The molecule has 160 valence electrons. The number of methoxy groups -OCH3 is 1. The topological polar surface area (TPSA) is 122 Å². The number of carbonyl (C=O) groups excluding carboxylic acids is 3. The summed E-state index contributed by atoms with van der Waals surface area (Å²) >= 11 is 0. The smallest absolute Gasteiger partial charge is 0.262 e. The summed E-state index contributed by atoms with van der Waals surface area (Å²) in [5.41, 5.74) is 0.818. The maximum atomic E-state index is 12.9. The Hall–Kier alpha value is -3.66. The zero-order chi connectivity index (χ0) is 22.3. The van der Waals surface area contributed by atoms with E-state index in [1.165, 1.54) is 49.6 Å². The van der Waals surface area contributed by atoms with Gasteiger partial charge in [0.05, 0.1) is 23.1 Å². The van der Waals surface area contributed by atoms with E-state index in [9.17, 15) is 22.8 Å². The predicted molar refractivity (Wildman–Crippen MR) is 111 cm³/mol. The summed E-state index contributed by atoms with van der Waals surface area (Å²) in [5, 5.41) is 2.56. The lowest BCUT2D eigenvalue weighted by molar-refractivity contribution is -0.125. The van der Waals surface area contributed by atoms with Crippen molar-refractivity contribution in [2.75, 3.05) is 11.8 Å². The third-order valence-corrected chi connectivity index (χ3v) is 6.57. The fourth-order valence-corrected chi connectivity index (χ4v) is 4.63. The predicted octanol–water partition coefficient (Wildman–Crippen LogP) is 1.88. The van der Waals surface area contributed by atoms with Crippen molar-refractivity contribution in [3.63, 3.8) is 0 Å². The molecule has 9 nitrogen and oxygen atoms in total. The summed E-state index contributed by atoms with van der Waals surface area (Å²) in [6.07, 6.45) is 0.740. The van der Waals surface area contributed by atoms with Crippen LogP contribution in [0.2, 0.25) is 0 Å². The van der Waals surface area contributed by atoms with Gasteiger partial charge in [0.15, 0.2) is 0 Å². The highest BCUT2D eigenvalue weighted by Crippen LogP contribution is 2.31. The number of piperidine rings is 1. The first-order valence-corrected chi connectivity index (χ1v) is 10.9. The number of nitrogens with one attached hydrogen (secondary N) is 2. The Kier molecular flexibility index (Phi) is 5.02. The lowest BCUT2D eigenvalue weighted by Gasteiger charge is -2.29.